The number of benzene rings is 2. The zero-order valence-corrected chi connectivity index (χ0v) is 20.4. The van der Waals surface area contributed by atoms with Crippen LogP contribution in [0.25, 0.3) is 10.8 Å². The van der Waals surface area contributed by atoms with Crippen LogP contribution in [0.1, 0.15) is 39.2 Å². The van der Waals surface area contributed by atoms with Gasteiger partial charge in [0, 0.05) is 25.4 Å². The van der Waals surface area contributed by atoms with Gasteiger partial charge in [0.25, 0.3) is 0 Å². The van der Waals surface area contributed by atoms with E-state index >= 15 is 0 Å². The van der Waals surface area contributed by atoms with Crippen LogP contribution in [0.3, 0.4) is 0 Å². The van der Waals surface area contributed by atoms with Gasteiger partial charge >= 0.3 is 0 Å². The van der Waals surface area contributed by atoms with Crippen molar-refractivity contribution in [3.05, 3.63) is 60.7 Å². The highest BCUT2D eigenvalue weighted by molar-refractivity contribution is 5.82. The average Bonchev–Trinajstić information content (AvgIpc) is 3.31. The molecular formula is C28H38O5. The predicted octanol–water partition coefficient (Wildman–Crippen LogP) is 5.71. The first-order valence-electron chi connectivity index (χ1n) is 12.1. The molecule has 0 aliphatic carbocycles. The first-order chi connectivity index (χ1) is 16.0. The molecule has 5 heteroatoms. The number of methoxy groups -OCH3 is 1. The minimum Gasteiger partial charge on any atom is -0.370 e. The van der Waals surface area contributed by atoms with Crippen LogP contribution in [0, 0.1) is 17.8 Å². The standard InChI is InChI=1S/C28H38O5/c1-6-19(2)25(30-17-22-12-13-23-10-7-8-11-24(23)16-22)27-26(31-18-29-5)20(3)21(4)28(33-27)14-9-15-32-28/h6-8,10-13,16,19-21,25-27H,1,9,14-15,17-18H2,2-5H3/t19-,20+,21+,25+,26-,27+,28-/m1/s1. The zero-order valence-electron chi connectivity index (χ0n) is 20.4. The Balaban J connectivity index is 1.59. The van der Waals surface area contributed by atoms with Crippen molar-refractivity contribution in [1.29, 1.82) is 0 Å². The molecule has 180 valence electrons. The monoisotopic (exact) mass is 454 g/mol. The summed E-state index contributed by atoms with van der Waals surface area (Å²) in [6.07, 6.45) is 3.15. The number of ether oxygens (including phenoxy) is 5. The van der Waals surface area contributed by atoms with Crippen molar-refractivity contribution in [2.24, 2.45) is 17.8 Å². The highest BCUT2D eigenvalue weighted by Gasteiger charge is 2.56. The molecule has 0 N–H and O–H groups in total. The van der Waals surface area contributed by atoms with Gasteiger partial charge in [-0.2, -0.15) is 0 Å². The summed E-state index contributed by atoms with van der Waals surface area (Å²) in [4.78, 5) is 0. The van der Waals surface area contributed by atoms with Crippen molar-refractivity contribution in [3.63, 3.8) is 0 Å². The average molecular weight is 455 g/mol. The van der Waals surface area contributed by atoms with Crippen LogP contribution in [-0.4, -0.2) is 44.6 Å². The summed E-state index contributed by atoms with van der Waals surface area (Å²) in [6.45, 7) is 12.0. The second-order valence-electron chi connectivity index (χ2n) is 9.58. The molecule has 2 aromatic carbocycles. The van der Waals surface area contributed by atoms with Gasteiger partial charge in [-0.1, -0.05) is 63.2 Å². The van der Waals surface area contributed by atoms with E-state index in [4.69, 9.17) is 23.7 Å². The van der Waals surface area contributed by atoms with E-state index in [1.165, 1.54) is 10.8 Å². The van der Waals surface area contributed by atoms with Crippen LogP contribution in [-0.2, 0) is 30.3 Å². The molecule has 0 bridgehead atoms. The summed E-state index contributed by atoms with van der Waals surface area (Å²) < 4.78 is 31.1. The highest BCUT2D eigenvalue weighted by Crippen LogP contribution is 2.47. The maximum absolute atomic E-state index is 6.80. The maximum atomic E-state index is 6.80. The number of rotatable bonds is 9. The van der Waals surface area contributed by atoms with Gasteiger partial charge in [-0.15, -0.1) is 6.58 Å². The summed E-state index contributed by atoms with van der Waals surface area (Å²) in [5, 5.41) is 2.44. The van der Waals surface area contributed by atoms with Crippen molar-refractivity contribution in [2.75, 3.05) is 20.5 Å². The molecule has 4 rings (SSSR count). The van der Waals surface area contributed by atoms with Crippen LogP contribution < -0.4 is 0 Å². The van der Waals surface area contributed by atoms with Crippen molar-refractivity contribution < 1.29 is 23.7 Å². The summed E-state index contributed by atoms with van der Waals surface area (Å²) in [6, 6.07) is 14.8. The van der Waals surface area contributed by atoms with E-state index in [-0.39, 0.29) is 42.9 Å². The van der Waals surface area contributed by atoms with Crippen LogP contribution in [0.2, 0.25) is 0 Å². The number of hydrogen-bond donors (Lipinski definition) is 0. The van der Waals surface area contributed by atoms with Crippen LogP contribution in [0.15, 0.2) is 55.1 Å². The fourth-order valence-electron chi connectivity index (χ4n) is 5.32. The number of fused-ring (bicyclic) bond motifs is 1. The van der Waals surface area contributed by atoms with E-state index in [1.54, 1.807) is 7.11 Å². The molecule has 2 aliphatic heterocycles. The van der Waals surface area contributed by atoms with Gasteiger partial charge in [0.1, 0.15) is 12.9 Å². The lowest BCUT2D eigenvalue weighted by molar-refractivity contribution is -0.346. The molecule has 2 aliphatic rings. The Bertz CT molecular complexity index is 921. The van der Waals surface area contributed by atoms with Crippen LogP contribution in [0.4, 0.5) is 0 Å². The molecule has 0 unspecified atom stereocenters. The minimum absolute atomic E-state index is 0.0724. The van der Waals surface area contributed by atoms with Crippen molar-refractivity contribution in [1.82, 2.24) is 0 Å². The van der Waals surface area contributed by atoms with Gasteiger partial charge in [-0.3, -0.25) is 0 Å². The van der Waals surface area contributed by atoms with E-state index < -0.39 is 5.79 Å². The molecule has 0 radical (unpaired) electrons. The SMILES string of the molecule is C=C[C@@H](C)[C@H](OCc1ccc2ccccc2c1)[C@@H]1O[C@]2(CCCO2)[C@@H](C)[C@H](C)[C@H]1OCOC. The third kappa shape index (κ3) is 5.03. The molecule has 2 fully saturated rings. The quantitative estimate of drug-likeness (QED) is 0.359. The summed E-state index contributed by atoms with van der Waals surface area (Å²) >= 11 is 0. The Morgan fingerprint density at radius 3 is 2.67 bits per heavy atom. The molecule has 5 nitrogen and oxygen atoms in total. The van der Waals surface area contributed by atoms with Crippen LogP contribution in [0.5, 0.6) is 0 Å². The Morgan fingerprint density at radius 1 is 1.18 bits per heavy atom. The largest absolute Gasteiger partial charge is 0.370 e. The molecule has 7 atom stereocenters. The highest BCUT2D eigenvalue weighted by atomic mass is 16.7. The topological polar surface area (TPSA) is 46.2 Å². The van der Waals surface area contributed by atoms with Gasteiger partial charge in [0.15, 0.2) is 5.79 Å². The van der Waals surface area contributed by atoms with E-state index in [9.17, 15) is 0 Å². The smallest absolute Gasteiger partial charge is 0.171 e. The third-order valence-electron chi connectivity index (χ3n) is 7.52. The van der Waals surface area contributed by atoms with Crippen molar-refractivity contribution in [3.8, 4) is 0 Å². The van der Waals surface area contributed by atoms with Crippen molar-refractivity contribution >= 4 is 10.8 Å². The van der Waals surface area contributed by atoms with Crippen molar-refractivity contribution in [2.45, 2.75) is 64.3 Å². The second-order valence-corrected chi connectivity index (χ2v) is 9.58. The van der Waals surface area contributed by atoms with Crippen LogP contribution >= 0.6 is 0 Å². The summed E-state index contributed by atoms with van der Waals surface area (Å²) in [5.74, 6) is -0.0788. The van der Waals surface area contributed by atoms with E-state index in [0.717, 1.165) is 25.0 Å². The Kier molecular flexibility index (Phi) is 7.87. The molecule has 0 amide bonds. The first-order valence-corrected chi connectivity index (χ1v) is 12.1. The Morgan fingerprint density at radius 2 is 1.97 bits per heavy atom. The number of hydrogen-bond acceptors (Lipinski definition) is 5. The first kappa shape index (κ1) is 24.4. The van der Waals surface area contributed by atoms with Gasteiger partial charge in [-0.25, -0.2) is 0 Å². The summed E-state index contributed by atoms with van der Waals surface area (Å²) in [5.41, 5.74) is 1.13. The van der Waals surface area contributed by atoms with Gasteiger partial charge < -0.3 is 23.7 Å². The third-order valence-corrected chi connectivity index (χ3v) is 7.52. The molecule has 2 heterocycles. The Hall–Kier alpha value is -1.76. The molecule has 2 aromatic rings. The maximum Gasteiger partial charge on any atom is 0.171 e. The van der Waals surface area contributed by atoms with Gasteiger partial charge in [0.05, 0.1) is 25.4 Å². The molecule has 33 heavy (non-hydrogen) atoms. The van der Waals surface area contributed by atoms with Gasteiger partial charge in [0.2, 0.25) is 0 Å². The minimum atomic E-state index is -0.581. The van der Waals surface area contributed by atoms with Gasteiger partial charge in [-0.05, 0) is 34.7 Å². The fourth-order valence-corrected chi connectivity index (χ4v) is 5.32. The molecular weight excluding hydrogens is 416 g/mol. The molecule has 0 aromatic heterocycles. The lowest BCUT2D eigenvalue weighted by atomic mass is 9.76. The molecule has 0 saturated carbocycles. The lowest BCUT2D eigenvalue weighted by Crippen LogP contribution is -2.61. The Labute approximate surface area is 198 Å². The zero-order chi connectivity index (χ0) is 23.4. The van der Waals surface area contributed by atoms with E-state index in [0.29, 0.717) is 6.61 Å². The molecule has 1 spiro atoms. The normalized spacial score (nSPS) is 31.6. The van der Waals surface area contributed by atoms with E-state index in [2.05, 4.69) is 69.8 Å². The lowest BCUT2D eigenvalue weighted by Gasteiger charge is -2.52. The molecule has 2 saturated heterocycles. The van der Waals surface area contributed by atoms with E-state index in [1.807, 2.05) is 6.08 Å². The predicted molar refractivity (Wildman–Crippen MR) is 130 cm³/mol. The second kappa shape index (κ2) is 10.7. The summed E-state index contributed by atoms with van der Waals surface area (Å²) in [7, 11) is 1.65. The fraction of sp³-hybridized carbons (Fsp3) is 0.571.